The van der Waals surface area contributed by atoms with E-state index < -0.39 is 0 Å². The van der Waals surface area contributed by atoms with Crippen LogP contribution in [0.25, 0.3) is 11.4 Å². The molecule has 1 N–H and O–H groups in total. The summed E-state index contributed by atoms with van der Waals surface area (Å²) in [6.07, 6.45) is 0. The number of aromatic nitrogens is 3. The molecule has 0 unspecified atom stereocenters. The highest BCUT2D eigenvalue weighted by atomic mass is 16.1. The van der Waals surface area contributed by atoms with Crippen LogP contribution in [0.5, 0.6) is 0 Å². The van der Waals surface area contributed by atoms with Gasteiger partial charge in [-0.1, -0.05) is 44.2 Å². The average molecular weight is 217 g/mol. The lowest BCUT2D eigenvalue weighted by molar-refractivity contribution is 0.935. The van der Waals surface area contributed by atoms with Crippen LogP contribution in [0.15, 0.2) is 35.1 Å². The molecule has 2 rings (SSSR count). The Morgan fingerprint density at radius 2 is 1.69 bits per heavy atom. The molecule has 0 bridgehead atoms. The fraction of sp³-hybridized carbons (Fsp3) is 0.250. The standard InChI is InChI=1S/C10H9N3O.C2H6/c1-7-11-9(13-10(14)12-7)8-5-3-2-4-6-8;1-2/h2-6H,1H3,(H,11,12,13,14);1-2H3. The Bertz CT molecular complexity index is 491. The molecular formula is C12H15N3O. The molecule has 1 heterocycles. The summed E-state index contributed by atoms with van der Waals surface area (Å²) in [6.45, 7) is 5.73. The van der Waals surface area contributed by atoms with Gasteiger partial charge in [0.25, 0.3) is 0 Å². The Morgan fingerprint density at radius 1 is 1.06 bits per heavy atom. The first-order chi connectivity index (χ1) is 7.75. The van der Waals surface area contributed by atoms with E-state index in [9.17, 15) is 4.79 Å². The van der Waals surface area contributed by atoms with Crippen molar-refractivity contribution in [2.45, 2.75) is 20.8 Å². The highest BCUT2D eigenvalue weighted by Gasteiger charge is 2.01. The maximum absolute atomic E-state index is 11.1. The first-order valence-electron chi connectivity index (χ1n) is 5.26. The quantitative estimate of drug-likeness (QED) is 0.796. The smallest absolute Gasteiger partial charge is 0.294 e. The Hall–Kier alpha value is -1.97. The van der Waals surface area contributed by atoms with Crippen molar-refractivity contribution in [2.75, 3.05) is 0 Å². The highest BCUT2D eigenvalue weighted by molar-refractivity contribution is 5.53. The van der Waals surface area contributed by atoms with Crippen molar-refractivity contribution in [1.29, 1.82) is 0 Å². The molecule has 84 valence electrons. The molecule has 2 aromatic rings. The van der Waals surface area contributed by atoms with E-state index in [1.807, 2.05) is 44.2 Å². The highest BCUT2D eigenvalue weighted by Crippen LogP contribution is 2.11. The predicted molar refractivity (Wildman–Crippen MR) is 64.2 cm³/mol. The molecule has 0 spiro atoms. The molecule has 0 saturated heterocycles. The third-order valence-electron chi connectivity index (χ3n) is 1.80. The van der Waals surface area contributed by atoms with Gasteiger partial charge in [-0.2, -0.15) is 4.98 Å². The molecule has 16 heavy (non-hydrogen) atoms. The van der Waals surface area contributed by atoms with Crippen molar-refractivity contribution >= 4 is 0 Å². The Morgan fingerprint density at radius 3 is 2.25 bits per heavy atom. The Balaban J connectivity index is 0.000000606. The van der Waals surface area contributed by atoms with Crippen molar-refractivity contribution < 1.29 is 0 Å². The van der Waals surface area contributed by atoms with Gasteiger partial charge in [0.15, 0.2) is 5.82 Å². The second-order valence-corrected chi connectivity index (χ2v) is 2.93. The summed E-state index contributed by atoms with van der Waals surface area (Å²) in [6, 6.07) is 9.41. The van der Waals surface area contributed by atoms with Crippen molar-refractivity contribution in [3.63, 3.8) is 0 Å². The molecule has 0 aliphatic heterocycles. The maximum Gasteiger partial charge on any atom is 0.348 e. The van der Waals surface area contributed by atoms with E-state index in [-0.39, 0.29) is 5.69 Å². The summed E-state index contributed by atoms with van der Waals surface area (Å²) in [5, 5.41) is 0. The SMILES string of the molecule is CC.Cc1nc(-c2ccccc2)nc(=O)[nH]1. The van der Waals surface area contributed by atoms with E-state index >= 15 is 0 Å². The molecule has 4 nitrogen and oxygen atoms in total. The number of nitrogens with one attached hydrogen (secondary N) is 1. The van der Waals surface area contributed by atoms with Gasteiger partial charge in [0.1, 0.15) is 5.82 Å². The number of aryl methyl sites for hydroxylation is 1. The molecule has 0 aliphatic carbocycles. The monoisotopic (exact) mass is 217 g/mol. The van der Waals surface area contributed by atoms with Gasteiger partial charge < -0.3 is 0 Å². The molecule has 0 fully saturated rings. The van der Waals surface area contributed by atoms with Crippen LogP contribution in [0.3, 0.4) is 0 Å². The molecule has 0 saturated carbocycles. The second kappa shape index (κ2) is 5.80. The van der Waals surface area contributed by atoms with Crippen LogP contribution in [0.1, 0.15) is 19.7 Å². The van der Waals surface area contributed by atoms with Crippen LogP contribution in [-0.2, 0) is 0 Å². The second-order valence-electron chi connectivity index (χ2n) is 2.93. The average Bonchev–Trinajstić information content (AvgIpc) is 2.32. The molecular weight excluding hydrogens is 202 g/mol. The minimum absolute atomic E-state index is 0.364. The summed E-state index contributed by atoms with van der Waals surface area (Å²) in [5.41, 5.74) is 0.484. The maximum atomic E-state index is 11.1. The third-order valence-corrected chi connectivity index (χ3v) is 1.80. The van der Waals surface area contributed by atoms with Crippen molar-refractivity contribution in [1.82, 2.24) is 15.0 Å². The van der Waals surface area contributed by atoms with Gasteiger partial charge in [-0.15, -0.1) is 0 Å². The zero-order chi connectivity index (χ0) is 12.0. The number of hydrogen-bond acceptors (Lipinski definition) is 3. The fourth-order valence-corrected chi connectivity index (χ4v) is 1.21. The number of H-pyrrole nitrogens is 1. The van der Waals surface area contributed by atoms with Crippen molar-refractivity contribution in [3.8, 4) is 11.4 Å². The van der Waals surface area contributed by atoms with Gasteiger partial charge in [-0.3, -0.25) is 4.98 Å². The van der Waals surface area contributed by atoms with Gasteiger partial charge in [-0.25, -0.2) is 9.78 Å². The number of rotatable bonds is 1. The zero-order valence-electron chi connectivity index (χ0n) is 9.69. The van der Waals surface area contributed by atoms with Crippen molar-refractivity contribution in [3.05, 3.63) is 46.6 Å². The van der Waals surface area contributed by atoms with Gasteiger partial charge in [-0.05, 0) is 6.92 Å². The van der Waals surface area contributed by atoms with E-state index in [2.05, 4.69) is 15.0 Å². The largest absolute Gasteiger partial charge is 0.348 e. The van der Waals surface area contributed by atoms with Gasteiger partial charge in [0, 0.05) is 5.56 Å². The number of nitrogens with zero attached hydrogens (tertiary/aromatic N) is 2. The summed E-state index contributed by atoms with van der Waals surface area (Å²) < 4.78 is 0. The van der Waals surface area contributed by atoms with Gasteiger partial charge in [0.05, 0.1) is 0 Å². The minimum atomic E-state index is -0.364. The van der Waals surface area contributed by atoms with Gasteiger partial charge >= 0.3 is 5.69 Å². The van der Waals surface area contributed by atoms with E-state index in [0.717, 1.165) is 5.56 Å². The molecule has 0 atom stereocenters. The van der Waals surface area contributed by atoms with Crippen LogP contribution >= 0.6 is 0 Å². The van der Waals surface area contributed by atoms with E-state index in [4.69, 9.17) is 0 Å². The topological polar surface area (TPSA) is 58.6 Å². The third kappa shape index (κ3) is 3.02. The number of benzene rings is 1. The lowest BCUT2D eigenvalue weighted by Crippen LogP contribution is -2.14. The van der Waals surface area contributed by atoms with E-state index in [0.29, 0.717) is 11.6 Å². The normalized spacial score (nSPS) is 9.19. The van der Waals surface area contributed by atoms with Crippen LogP contribution < -0.4 is 5.69 Å². The first-order valence-corrected chi connectivity index (χ1v) is 5.26. The molecule has 1 aromatic carbocycles. The fourth-order valence-electron chi connectivity index (χ4n) is 1.21. The van der Waals surface area contributed by atoms with Crippen LogP contribution in [0.4, 0.5) is 0 Å². The zero-order valence-corrected chi connectivity index (χ0v) is 9.69. The van der Waals surface area contributed by atoms with Crippen LogP contribution in [-0.4, -0.2) is 15.0 Å². The minimum Gasteiger partial charge on any atom is -0.294 e. The Kier molecular flexibility index (Phi) is 4.39. The van der Waals surface area contributed by atoms with Gasteiger partial charge in [0.2, 0.25) is 0 Å². The number of aromatic amines is 1. The first kappa shape index (κ1) is 12.1. The van der Waals surface area contributed by atoms with E-state index in [1.165, 1.54) is 0 Å². The molecule has 4 heteroatoms. The predicted octanol–water partition coefficient (Wildman–Crippen LogP) is 2.17. The molecule has 0 aliphatic rings. The Labute approximate surface area is 94.4 Å². The number of hydrogen-bond donors (Lipinski definition) is 1. The molecule has 0 amide bonds. The lowest BCUT2D eigenvalue weighted by atomic mass is 10.2. The van der Waals surface area contributed by atoms with Crippen molar-refractivity contribution in [2.24, 2.45) is 0 Å². The summed E-state index contributed by atoms with van der Waals surface area (Å²) in [5.74, 6) is 1.04. The molecule has 1 aromatic heterocycles. The molecule has 0 radical (unpaired) electrons. The summed E-state index contributed by atoms with van der Waals surface area (Å²) in [7, 11) is 0. The van der Waals surface area contributed by atoms with Crippen LogP contribution in [0.2, 0.25) is 0 Å². The van der Waals surface area contributed by atoms with Crippen LogP contribution in [0, 0.1) is 6.92 Å². The summed E-state index contributed by atoms with van der Waals surface area (Å²) >= 11 is 0. The summed E-state index contributed by atoms with van der Waals surface area (Å²) in [4.78, 5) is 21.5. The lowest BCUT2D eigenvalue weighted by Gasteiger charge is -1.98. The van der Waals surface area contributed by atoms with E-state index in [1.54, 1.807) is 6.92 Å².